The van der Waals surface area contributed by atoms with E-state index in [0.29, 0.717) is 22.8 Å². The maximum atomic E-state index is 13.2. The van der Waals surface area contributed by atoms with Crippen LogP contribution < -0.4 is 20.7 Å². The molecule has 1 fully saturated rings. The van der Waals surface area contributed by atoms with Crippen LogP contribution >= 0.6 is 0 Å². The number of fused-ring (bicyclic) bond motifs is 1. The molecule has 0 spiro atoms. The Bertz CT molecular complexity index is 1420. The van der Waals surface area contributed by atoms with Gasteiger partial charge in [0.1, 0.15) is 18.4 Å². The van der Waals surface area contributed by atoms with Crippen molar-refractivity contribution in [3.05, 3.63) is 70.8 Å². The summed E-state index contributed by atoms with van der Waals surface area (Å²) in [5.74, 6) is -3.07. The zero-order chi connectivity index (χ0) is 29.2. The number of benzene rings is 2. The van der Waals surface area contributed by atoms with Crippen LogP contribution in [0.4, 0.5) is 23.7 Å². The number of carboxylic acids is 1. The van der Waals surface area contributed by atoms with Gasteiger partial charge in [-0.3, -0.25) is 19.7 Å². The Kier molecular flexibility index (Phi) is 7.79. The van der Waals surface area contributed by atoms with Gasteiger partial charge in [-0.05, 0) is 41.8 Å². The molecule has 2 heterocycles. The second-order valence-electron chi connectivity index (χ2n) is 9.11. The molecule has 1 saturated heterocycles. The molecular formula is C26H23F3N4O7. The molecule has 40 heavy (non-hydrogen) atoms. The Morgan fingerprint density at radius 1 is 1.15 bits per heavy atom. The van der Waals surface area contributed by atoms with Crippen molar-refractivity contribution in [3.8, 4) is 5.75 Å². The van der Waals surface area contributed by atoms with Crippen LogP contribution in [0.5, 0.6) is 5.75 Å². The molecule has 2 aromatic rings. The van der Waals surface area contributed by atoms with Gasteiger partial charge in [-0.15, -0.1) is 0 Å². The number of nitrogens with one attached hydrogen (secondary N) is 3. The Morgan fingerprint density at radius 2 is 1.90 bits per heavy atom. The van der Waals surface area contributed by atoms with Gasteiger partial charge < -0.3 is 25.4 Å². The number of piperidine rings is 1. The minimum atomic E-state index is -4.70. The van der Waals surface area contributed by atoms with Crippen LogP contribution in [0.1, 0.15) is 39.9 Å². The SMILES string of the molecule is C=C(COc1cc(C(F)(F)F)ccc1NC(=O)NCc1ccc2c(c1)CN(C1CCC(=O)NC1=O)C2=O)C(=O)O. The van der Waals surface area contributed by atoms with E-state index in [4.69, 9.17) is 9.84 Å². The first-order valence-corrected chi connectivity index (χ1v) is 11.9. The van der Waals surface area contributed by atoms with Gasteiger partial charge in [0.2, 0.25) is 11.8 Å². The molecule has 0 aliphatic carbocycles. The van der Waals surface area contributed by atoms with E-state index in [9.17, 15) is 37.1 Å². The first-order valence-electron chi connectivity index (χ1n) is 11.9. The summed E-state index contributed by atoms with van der Waals surface area (Å²) in [5, 5.41) is 16.1. The summed E-state index contributed by atoms with van der Waals surface area (Å²) < 4.78 is 44.7. The smallest absolute Gasteiger partial charge is 0.416 e. The molecule has 4 N–H and O–H groups in total. The Labute approximate surface area is 225 Å². The summed E-state index contributed by atoms with van der Waals surface area (Å²) in [6.45, 7) is 2.77. The van der Waals surface area contributed by atoms with Crippen LogP contribution in [0.3, 0.4) is 0 Å². The highest BCUT2D eigenvalue weighted by Crippen LogP contribution is 2.35. The molecule has 2 aliphatic heterocycles. The number of carboxylic acid groups (broad SMARTS) is 1. The molecule has 1 unspecified atom stereocenters. The Balaban J connectivity index is 1.41. The third-order valence-electron chi connectivity index (χ3n) is 6.30. The van der Waals surface area contributed by atoms with Crippen LogP contribution in [-0.2, 0) is 33.6 Å². The zero-order valence-electron chi connectivity index (χ0n) is 20.8. The van der Waals surface area contributed by atoms with Gasteiger partial charge in [-0.2, -0.15) is 13.2 Å². The van der Waals surface area contributed by atoms with Gasteiger partial charge in [0.25, 0.3) is 5.91 Å². The number of rotatable bonds is 8. The molecule has 2 aromatic carbocycles. The number of amides is 5. The molecule has 0 bridgehead atoms. The van der Waals surface area contributed by atoms with Crippen molar-refractivity contribution < 1.29 is 47.0 Å². The molecule has 0 aromatic heterocycles. The summed E-state index contributed by atoms with van der Waals surface area (Å²) >= 11 is 0. The predicted molar refractivity (Wildman–Crippen MR) is 132 cm³/mol. The number of imide groups is 1. The number of hydrogen-bond donors (Lipinski definition) is 4. The van der Waals surface area contributed by atoms with Gasteiger partial charge in [0.05, 0.1) is 16.8 Å². The van der Waals surface area contributed by atoms with Gasteiger partial charge in [-0.25, -0.2) is 9.59 Å². The molecule has 4 rings (SSSR count). The van der Waals surface area contributed by atoms with Crippen molar-refractivity contribution in [3.63, 3.8) is 0 Å². The normalized spacial score (nSPS) is 16.7. The van der Waals surface area contributed by atoms with Crippen molar-refractivity contribution in [2.75, 3.05) is 11.9 Å². The monoisotopic (exact) mass is 560 g/mol. The van der Waals surface area contributed by atoms with Gasteiger partial charge >= 0.3 is 18.2 Å². The van der Waals surface area contributed by atoms with E-state index in [2.05, 4.69) is 22.5 Å². The fraction of sp³-hybridized carbons (Fsp3) is 0.269. The first kappa shape index (κ1) is 28.1. The molecule has 14 heteroatoms. The average molecular weight is 560 g/mol. The molecule has 0 radical (unpaired) electrons. The van der Waals surface area contributed by atoms with Crippen LogP contribution in [-0.4, -0.2) is 52.4 Å². The summed E-state index contributed by atoms with van der Waals surface area (Å²) in [6.07, 6.45) is -4.36. The fourth-order valence-corrected chi connectivity index (χ4v) is 4.23. The minimum absolute atomic E-state index is 0.0155. The van der Waals surface area contributed by atoms with Gasteiger partial charge in [0.15, 0.2) is 0 Å². The number of hydrogen-bond acceptors (Lipinski definition) is 6. The van der Waals surface area contributed by atoms with Crippen molar-refractivity contribution in [2.45, 2.75) is 38.1 Å². The van der Waals surface area contributed by atoms with Gasteiger partial charge in [0, 0.05) is 25.1 Å². The second-order valence-corrected chi connectivity index (χ2v) is 9.11. The lowest BCUT2D eigenvalue weighted by Crippen LogP contribution is -2.52. The summed E-state index contributed by atoms with van der Waals surface area (Å²) in [4.78, 5) is 61.3. The number of carbonyl (C=O) groups is 5. The lowest BCUT2D eigenvalue weighted by molar-refractivity contribution is -0.138. The number of aliphatic carboxylic acids is 1. The second kappa shape index (κ2) is 11.1. The van der Waals surface area contributed by atoms with E-state index in [1.807, 2.05) is 0 Å². The van der Waals surface area contributed by atoms with E-state index in [1.54, 1.807) is 18.2 Å². The number of halogens is 3. The highest BCUT2D eigenvalue weighted by molar-refractivity contribution is 6.05. The molecule has 1 atom stereocenters. The predicted octanol–water partition coefficient (Wildman–Crippen LogP) is 2.81. The zero-order valence-corrected chi connectivity index (χ0v) is 20.8. The topological polar surface area (TPSA) is 154 Å². The van der Waals surface area contributed by atoms with E-state index in [1.165, 1.54) is 4.90 Å². The minimum Gasteiger partial charge on any atom is -0.486 e. The van der Waals surface area contributed by atoms with Crippen molar-refractivity contribution in [1.82, 2.24) is 15.5 Å². The number of nitrogens with zero attached hydrogens (tertiary/aromatic N) is 1. The highest BCUT2D eigenvalue weighted by atomic mass is 19.4. The maximum Gasteiger partial charge on any atom is 0.416 e. The third kappa shape index (κ3) is 6.22. The van der Waals surface area contributed by atoms with Crippen molar-refractivity contribution in [1.29, 1.82) is 0 Å². The van der Waals surface area contributed by atoms with Crippen LogP contribution in [0, 0.1) is 0 Å². The lowest BCUT2D eigenvalue weighted by Gasteiger charge is -2.29. The third-order valence-corrected chi connectivity index (χ3v) is 6.30. The van der Waals surface area contributed by atoms with Crippen molar-refractivity contribution in [2.24, 2.45) is 0 Å². The standard InChI is InChI=1S/C26H23F3N4O7/c1-13(24(37)38)12-40-20-9-16(26(27,28)29)3-5-18(20)31-25(39)30-10-14-2-4-17-15(8-14)11-33(23(17)36)19-6-7-21(34)32-22(19)35/h2-5,8-9,19H,1,6-7,10-12H2,(H,37,38)(H2,30,31,39)(H,32,34,35). The maximum absolute atomic E-state index is 13.2. The number of alkyl halides is 3. The van der Waals surface area contributed by atoms with Crippen LogP contribution in [0.15, 0.2) is 48.6 Å². The Morgan fingerprint density at radius 3 is 2.58 bits per heavy atom. The lowest BCUT2D eigenvalue weighted by atomic mass is 10.0. The van der Waals surface area contributed by atoms with E-state index in [0.717, 1.165) is 12.1 Å². The van der Waals surface area contributed by atoms with Crippen molar-refractivity contribution >= 4 is 35.4 Å². The molecule has 0 saturated carbocycles. The number of urea groups is 1. The molecule has 11 nitrogen and oxygen atoms in total. The number of carbonyl (C=O) groups excluding carboxylic acids is 4. The van der Waals surface area contributed by atoms with Gasteiger partial charge in [-0.1, -0.05) is 18.7 Å². The molecule has 5 amide bonds. The van der Waals surface area contributed by atoms with Crippen LogP contribution in [0.25, 0.3) is 0 Å². The van der Waals surface area contributed by atoms with E-state index in [-0.39, 0.29) is 37.5 Å². The largest absolute Gasteiger partial charge is 0.486 e. The first-order chi connectivity index (χ1) is 18.8. The summed E-state index contributed by atoms with van der Waals surface area (Å²) in [5.41, 5.74) is 0.0305. The quantitative estimate of drug-likeness (QED) is 0.286. The molecular weight excluding hydrogens is 537 g/mol. The summed E-state index contributed by atoms with van der Waals surface area (Å²) in [6, 6.07) is 5.65. The number of ether oxygens (including phenoxy) is 1. The molecule has 2 aliphatic rings. The molecule has 210 valence electrons. The van der Waals surface area contributed by atoms with Crippen LogP contribution in [0.2, 0.25) is 0 Å². The Hall–Kier alpha value is -4.88. The van der Waals surface area contributed by atoms with E-state index >= 15 is 0 Å². The average Bonchev–Trinajstić information content (AvgIpc) is 3.21. The fourth-order valence-electron chi connectivity index (χ4n) is 4.23. The highest BCUT2D eigenvalue weighted by Gasteiger charge is 2.39. The number of anilines is 1. The summed E-state index contributed by atoms with van der Waals surface area (Å²) in [7, 11) is 0. The van der Waals surface area contributed by atoms with E-state index < -0.39 is 59.5 Å².